The molecule has 21 heavy (non-hydrogen) atoms. The maximum absolute atomic E-state index is 5.56. The standard InChI is InChI=1S/C16H28N4O/c1-19(12-15-11-17-14-18-15)13-16(5-3-2-4-6-16)20-7-9-21-10-8-20/h11,14H,2-10,12-13H2,1H3,(H,17,18). The van der Waals surface area contributed by atoms with E-state index >= 15 is 0 Å². The predicted molar refractivity (Wildman–Crippen MR) is 83.1 cm³/mol. The highest BCUT2D eigenvalue weighted by Gasteiger charge is 2.39. The second-order valence-electron chi connectivity index (χ2n) is 6.63. The predicted octanol–water partition coefficient (Wildman–Crippen LogP) is 1.88. The Hall–Kier alpha value is -0.910. The maximum Gasteiger partial charge on any atom is 0.0922 e. The first-order chi connectivity index (χ1) is 10.3. The summed E-state index contributed by atoms with van der Waals surface area (Å²) in [4.78, 5) is 12.5. The fourth-order valence-electron chi connectivity index (χ4n) is 4.04. The van der Waals surface area contributed by atoms with Crippen LogP contribution in [0.25, 0.3) is 0 Å². The zero-order valence-corrected chi connectivity index (χ0v) is 13.2. The van der Waals surface area contributed by atoms with E-state index < -0.39 is 0 Å². The summed E-state index contributed by atoms with van der Waals surface area (Å²) in [5.74, 6) is 0. The third kappa shape index (κ3) is 3.65. The van der Waals surface area contributed by atoms with Crippen molar-refractivity contribution in [2.75, 3.05) is 39.9 Å². The minimum Gasteiger partial charge on any atom is -0.379 e. The Morgan fingerprint density at radius 3 is 2.71 bits per heavy atom. The summed E-state index contributed by atoms with van der Waals surface area (Å²) >= 11 is 0. The molecule has 3 rings (SSSR count). The van der Waals surface area contributed by atoms with Crippen LogP contribution in [0.1, 0.15) is 37.8 Å². The Kier molecular flexibility index (Phi) is 4.93. The summed E-state index contributed by atoms with van der Waals surface area (Å²) in [7, 11) is 2.23. The molecule has 1 saturated heterocycles. The van der Waals surface area contributed by atoms with E-state index in [-0.39, 0.29) is 0 Å². The topological polar surface area (TPSA) is 44.4 Å². The quantitative estimate of drug-likeness (QED) is 0.900. The molecule has 2 aliphatic rings. The van der Waals surface area contributed by atoms with E-state index in [0.29, 0.717) is 5.54 Å². The van der Waals surface area contributed by atoms with E-state index in [1.54, 1.807) is 6.33 Å². The Bertz CT molecular complexity index is 408. The van der Waals surface area contributed by atoms with Crippen LogP contribution in [-0.4, -0.2) is 65.2 Å². The van der Waals surface area contributed by atoms with Crippen LogP contribution in [0.4, 0.5) is 0 Å². The number of aromatic nitrogens is 2. The lowest BCUT2D eigenvalue weighted by Crippen LogP contribution is -2.59. The lowest BCUT2D eigenvalue weighted by Gasteiger charge is -2.49. The molecule has 0 atom stereocenters. The van der Waals surface area contributed by atoms with Crippen molar-refractivity contribution in [2.45, 2.75) is 44.2 Å². The van der Waals surface area contributed by atoms with Gasteiger partial charge in [-0.3, -0.25) is 9.80 Å². The van der Waals surface area contributed by atoms with Crippen molar-refractivity contribution in [3.63, 3.8) is 0 Å². The van der Waals surface area contributed by atoms with Crippen molar-refractivity contribution in [3.8, 4) is 0 Å². The van der Waals surface area contributed by atoms with Gasteiger partial charge in [0.15, 0.2) is 0 Å². The van der Waals surface area contributed by atoms with Crippen molar-refractivity contribution in [1.82, 2.24) is 19.8 Å². The Balaban J connectivity index is 1.66. The molecule has 1 aromatic heterocycles. The maximum atomic E-state index is 5.56. The first-order valence-electron chi connectivity index (χ1n) is 8.27. The van der Waals surface area contributed by atoms with Gasteiger partial charge in [0, 0.05) is 43.6 Å². The SMILES string of the molecule is CN(Cc1cnc[nH]1)CC1(N2CCOCC2)CCCCC1. The molecule has 2 heterocycles. The van der Waals surface area contributed by atoms with E-state index in [4.69, 9.17) is 4.74 Å². The van der Waals surface area contributed by atoms with Crippen molar-refractivity contribution in [1.29, 1.82) is 0 Å². The third-order valence-electron chi connectivity index (χ3n) is 5.03. The van der Waals surface area contributed by atoms with Gasteiger partial charge < -0.3 is 9.72 Å². The summed E-state index contributed by atoms with van der Waals surface area (Å²) in [6, 6.07) is 0. The van der Waals surface area contributed by atoms with E-state index in [1.165, 1.54) is 37.8 Å². The minimum atomic E-state index is 0.358. The van der Waals surface area contributed by atoms with Gasteiger partial charge in [-0.15, -0.1) is 0 Å². The summed E-state index contributed by atoms with van der Waals surface area (Å²) in [5.41, 5.74) is 1.56. The molecule has 5 heteroatoms. The number of ether oxygens (including phenoxy) is 1. The number of hydrogen-bond acceptors (Lipinski definition) is 4. The molecular weight excluding hydrogens is 264 g/mol. The summed E-state index contributed by atoms with van der Waals surface area (Å²) in [6.45, 7) is 6.08. The normalized spacial score (nSPS) is 23.5. The number of aromatic amines is 1. The van der Waals surface area contributed by atoms with Crippen molar-refractivity contribution >= 4 is 0 Å². The highest BCUT2D eigenvalue weighted by molar-refractivity contribution is 4.99. The second-order valence-corrected chi connectivity index (χ2v) is 6.63. The molecule has 0 bridgehead atoms. The molecule has 1 saturated carbocycles. The Labute approximate surface area is 127 Å². The van der Waals surface area contributed by atoms with Gasteiger partial charge in [-0.25, -0.2) is 4.98 Å². The molecule has 0 spiro atoms. The van der Waals surface area contributed by atoms with Gasteiger partial charge in [0.25, 0.3) is 0 Å². The first-order valence-corrected chi connectivity index (χ1v) is 8.27. The Morgan fingerprint density at radius 2 is 2.05 bits per heavy atom. The van der Waals surface area contributed by atoms with Gasteiger partial charge >= 0.3 is 0 Å². The lowest BCUT2D eigenvalue weighted by atomic mass is 9.79. The minimum absolute atomic E-state index is 0.358. The van der Waals surface area contributed by atoms with E-state index in [0.717, 1.165) is 39.4 Å². The zero-order valence-electron chi connectivity index (χ0n) is 13.2. The zero-order chi connectivity index (χ0) is 14.5. The molecule has 0 aromatic carbocycles. The van der Waals surface area contributed by atoms with Gasteiger partial charge in [-0.05, 0) is 19.9 Å². The smallest absolute Gasteiger partial charge is 0.0922 e. The first kappa shape index (κ1) is 15.0. The lowest BCUT2D eigenvalue weighted by molar-refractivity contribution is -0.0492. The Morgan fingerprint density at radius 1 is 1.29 bits per heavy atom. The van der Waals surface area contributed by atoms with E-state index in [1.807, 2.05) is 6.20 Å². The molecular formula is C16H28N4O. The van der Waals surface area contributed by atoms with Crippen molar-refractivity contribution < 1.29 is 4.74 Å². The fraction of sp³-hybridized carbons (Fsp3) is 0.812. The molecule has 5 nitrogen and oxygen atoms in total. The number of imidazole rings is 1. The molecule has 0 amide bonds. The van der Waals surface area contributed by atoms with Crippen LogP contribution in [0.5, 0.6) is 0 Å². The number of nitrogens with one attached hydrogen (secondary N) is 1. The fourth-order valence-corrected chi connectivity index (χ4v) is 4.04. The van der Waals surface area contributed by atoms with E-state index in [2.05, 4.69) is 26.8 Å². The molecule has 2 fully saturated rings. The van der Waals surface area contributed by atoms with Crippen LogP contribution >= 0.6 is 0 Å². The average molecular weight is 292 g/mol. The van der Waals surface area contributed by atoms with E-state index in [9.17, 15) is 0 Å². The van der Waals surface area contributed by atoms with Gasteiger partial charge in [-0.1, -0.05) is 19.3 Å². The van der Waals surface area contributed by atoms with Crippen LogP contribution in [0.2, 0.25) is 0 Å². The molecule has 1 N–H and O–H groups in total. The largest absolute Gasteiger partial charge is 0.379 e. The van der Waals surface area contributed by atoms with Crippen LogP contribution < -0.4 is 0 Å². The molecule has 0 unspecified atom stereocenters. The van der Waals surface area contributed by atoms with Gasteiger partial charge in [0.1, 0.15) is 0 Å². The molecule has 1 aromatic rings. The second kappa shape index (κ2) is 6.90. The van der Waals surface area contributed by atoms with Gasteiger partial charge in [0.05, 0.1) is 19.5 Å². The molecule has 1 aliphatic heterocycles. The molecule has 118 valence electrons. The van der Waals surface area contributed by atoms with Gasteiger partial charge in [0.2, 0.25) is 0 Å². The number of H-pyrrole nitrogens is 1. The molecule has 0 radical (unpaired) electrons. The third-order valence-corrected chi connectivity index (χ3v) is 5.03. The summed E-state index contributed by atoms with van der Waals surface area (Å²) in [6.07, 6.45) is 10.5. The number of nitrogens with zero attached hydrogens (tertiary/aromatic N) is 3. The van der Waals surface area contributed by atoms with Crippen LogP contribution in [-0.2, 0) is 11.3 Å². The van der Waals surface area contributed by atoms with Crippen molar-refractivity contribution in [2.24, 2.45) is 0 Å². The monoisotopic (exact) mass is 292 g/mol. The highest BCUT2D eigenvalue weighted by atomic mass is 16.5. The van der Waals surface area contributed by atoms with Crippen LogP contribution in [0, 0.1) is 0 Å². The highest BCUT2D eigenvalue weighted by Crippen LogP contribution is 2.35. The number of hydrogen-bond donors (Lipinski definition) is 1. The van der Waals surface area contributed by atoms with Crippen LogP contribution in [0.3, 0.4) is 0 Å². The molecule has 1 aliphatic carbocycles. The van der Waals surface area contributed by atoms with Crippen molar-refractivity contribution in [3.05, 3.63) is 18.2 Å². The number of rotatable bonds is 5. The average Bonchev–Trinajstić information content (AvgIpc) is 3.02. The van der Waals surface area contributed by atoms with Gasteiger partial charge in [-0.2, -0.15) is 0 Å². The number of likely N-dealkylation sites (N-methyl/N-ethyl adjacent to an activating group) is 1. The summed E-state index contributed by atoms with van der Waals surface area (Å²) in [5, 5.41) is 0. The number of morpholine rings is 1. The summed E-state index contributed by atoms with van der Waals surface area (Å²) < 4.78 is 5.56. The van der Waals surface area contributed by atoms with Crippen LogP contribution in [0.15, 0.2) is 12.5 Å².